The predicted molar refractivity (Wildman–Crippen MR) is 122 cm³/mol. The van der Waals surface area contributed by atoms with Gasteiger partial charge in [-0.25, -0.2) is 9.97 Å². The fourth-order valence-electron chi connectivity index (χ4n) is 4.53. The summed E-state index contributed by atoms with van der Waals surface area (Å²) in [5, 5.41) is 12.5. The van der Waals surface area contributed by atoms with Crippen LogP contribution in [0, 0.1) is 5.92 Å². The molecule has 0 saturated carbocycles. The van der Waals surface area contributed by atoms with Crippen molar-refractivity contribution in [3.05, 3.63) is 23.2 Å². The number of morpholine rings is 1. The van der Waals surface area contributed by atoms with E-state index in [1.54, 1.807) is 0 Å². The Morgan fingerprint density at radius 3 is 2.94 bits per heavy atom. The lowest BCUT2D eigenvalue weighted by Gasteiger charge is -2.45. The van der Waals surface area contributed by atoms with Crippen LogP contribution in [-0.2, 0) is 20.9 Å². The van der Waals surface area contributed by atoms with Gasteiger partial charge in [0.15, 0.2) is 11.6 Å². The number of carbonyl (C=O) groups excluding carboxylic acids is 1. The van der Waals surface area contributed by atoms with E-state index in [0.717, 1.165) is 53.9 Å². The minimum atomic E-state index is 0.0118. The van der Waals surface area contributed by atoms with Crippen molar-refractivity contribution in [1.29, 1.82) is 0 Å². The van der Waals surface area contributed by atoms with E-state index in [1.165, 1.54) is 11.3 Å². The molecular formula is C22H29N5O4S. The van der Waals surface area contributed by atoms with E-state index in [-0.39, 0.29) is 25.1 Å². The van der Waals surface area contributed by atoms with E-state index in [9.17, 15) is 9.90 Å². The van der Waals surface area contributed by atoms with E-state index in [1.807, 2.05) is 18.3 Å². The second kappa shape index (κ2) is 9.70. The number of aliphatic hydroxyl groups is 1. The topological polar surface area (TPSA) is 100 Å². The van der Waals surface area contributed by atoms with Crippen LogP contribution < -0.4 is 15.1 Å². The third-order valence-electron chi connectivity index (χ3n) is 6.32. The average Bonchev–Trinajstić information content (AvgIpc) is 3.33. The SMILES string of the molecule is O=C(CN1C[C@@H]2COCCN2c2nc(-c3ccc(CO)s3)ncc21)NCC1CCOCC1. The highest BCUT2D eigenvalue weighted by atomic mass is 32.1. The molecule has 172 valence electrons. The van der Waals surface area contributed by atoms with E-state index < -0.39 is 0 Å². The lowest BCUT2D eigenvalue weighted by Crippen LogP contribution is -2.57. The number of thiophene rings is 1. The Bertz CT molecular complexity index is 948. The summed E-state index contributed by atoms with van der Waals surface area (Å²) >= 11 is 1.49. The molecule has 0 unspecified atom stereocenters. The molecule has 2 aromatic rings. The molecule has 2 aromatic heterocycles. The van der Waals surface area contributed by atoms with Gasteiger partial charge >= 0.3 is 0 Å². The molecule has 10 heteroatoms. The van der Waals surface area contributed by atoms with Crippen molar-refractivity contribution in [2.45, 2.75) is 25.5 Å². The van der Waals surface area contributed by atoms with E-state index >= 15 is 0 Å². The molecule has 0 aliphatic carbocycles. The third kappa shape index (κ3) is 4.59. The third-order valence-corrected chi connectivity index (χ3v) is 7.39. The lowest BCUT2D eigenvalue weighted by atomic mass is 10.0. The summed E-state index contributed by atoms with van der Waals surface area (Å²) in [6, 6.07) is 3.99. The summed E-state index contributed by atoms with van der Waals surface area (Å²) < 4.78 is 11.1. The first kappa shape index (κ1) is 21.6. The highest BCUT2D eigenvalue weighted by Gasteiger charge is 2.35. The number of hydrogen-bond donors (Lipinski definition) is 2. The number of carbonyl (C=O) groups is 1. The van der Waals surface area contributed by atoms with Crippen molar-refractivity contribution in [2.75, 3.05) is 62.4 Å². The summed E-state index contributed by atoms with van der Waals surface area (Å²) in [5.41, 5.74) is 0.882. The fourth-order valence-corrected chi connectivity index (χ4v) is 5.34. The maximum Gasteiger partial charge on any atom is 0.239 e. The summed E-state index contributed by atoms with van der Waals surface area (Å²) in [7, 11) is 0. The first-order valence-electron chi connectivity index (χ1n) is 11.2. The lowest BCUT2D eigenvalue weighted by molar-refractivity contribution is -0.120. The number of amides is 1. The molecule has 3 aliphatic heterocycles. The van der Waals surface area contributed by atoms with Gasteiger partial charge < -0.3 is 29.7 Å². The number of fused-ring (bicyclic) bond motifs is 3. The highest BCUT2D eigenvalue weighted by Crippen LogP contribution is 2.36. The Hall–Kier alpha value is -2.27. The van der Waals surface area contributed by atoms with Gasteiger partial charge in [0.2, 0.25) is 5.91 Å². The molecule has 32 heavy (non-hydrogen) atoms. The zero-order chi connectivity index (χ0) is 21.9. The van der Waals surface area contributed by atoms with Crippen LogP contribution in [0.3, 0.4) is 0 Å². The maximum atomic E-state index is 12.8. The number of aliphatic hydroxyl groups excluding tert-OH is 1. The number of nitrogens with zero attached hydrogens (tertiary/aromatic N) is 4. The van der Waals surface area contributed by atoms with Gasteiger partial charge in [-0.15, -0.1) is 11.3 Å². The Morgan fingerprint density at radius 2 is 2.12 bits per heavy atom. The van der Waals surface area contributed by atoms with Crippen LogP contribution in [0.25, 0.3) is 10.7 Å². The summed E-state index contributed by atoms with van der Waals surface area (Å²) in [5.74, 6) is 2.00. The number of nitrogens with one attached hydrogen (secondary N) is 1. The summed E-state index contributed by atoms with van der Waals surface area (Å²) in [6.45, 7) is 5.29. The molecule has 3 aliphatic rings. The number of rotatable bonds is 6. The quantitative estimate of drug-likeness (QED) is 0.666. The first-order valence-corrected chi connectivity index (χ1v) is 12.0. The smallest absolute Gasteiger partial charge is 0.239 e. The van der Waals surface area contributed by atoms with Crippen LogP contribution in [0.1, 0.15) is 17.7 Å². The molecule has 2 N–H and O–H groups in total. The predicted octanol–water partition coefficient (Wildman–Crippen LogP) is 1.27. The number of anilines is 2. The van der Waals surface area contributed by atoms with Crippen LogP contribution >= 0.6 is 11.3 Å². The van der Waals surface area contributed by atoms with E-state index in [0.29, 0.717) is 38.0 Å². The molecule has 5 heterocycles. The molecule has 5 rings (SSSR count). The first-order chi connectivity index (χ1) is 15.7. The average molecular weight is 460 g/mol. The molecular weight excluding hydrogens is 430 g/mol. The second-order valence-electron chi connectivity index (χ2n) is 8.49. The van der Waals surface area contributed by atoms with Crippen molar-refractivity contribution in [2.24, 2.45) is 5.92 Å². The molecule has 2 saturated heterocycles. The Morgan fingerprint density at radius 1 is 1.25 bits per heavy atom. The molecule has 0 aromatic carbocycles. The van der Waals surface area contributed by atoms with E-state index in [4.69, 9.17) is 14.5 Å². The standard InChI is InChI=1S/C22H29N5O4S/c28-13-17-1-2-19(32-17)21-24-10-18-22(25-21)27-5-8-31-14-16(27)11-26(18)12-20(29)23-9-15-3-6-30-7-4-15/h1-2,10,15-16,28H,3-9,11-14H2,(H,23,29)/t16-/m1/s1. The molecule has 0 radical (unpaired) electrons. The van der Waals surface area contributed by atoms with Crippen LogP contribution in [0.15, 0.2) is 18.3 Å². The van der Waals surface area contributed by atoms with Gasteiger partial charge in [-0.1, -0.05) is 0 Å². The van der Waals surface area contributed by atoms with Gasteiger partial charge in [0.05, 0.1) is 49.2 Å². The number of hydrogen-bond acceptors (Lipinski definition) is 9. The Balaban J connectivity index is 1.34. The van der Waals surface area contributed by atoms with Crippen molar-refractivity contribution in [3.63, 3.8) is 0 Å². The monoisotopic (exact) mass is 459 g/mol. The van der Waals surface area contributed by atoms with Crippen molar-refractivity contribution < 1.29 is 19.4 Å². The zero-order valence-electron chi connectivity index (χ0n) is 18.0. The van der Waals surface area contributed by atoms with Crippen LogP contribution in [0.4, 0.5) is 11.5 Å². The van der Waals surface area contributed by atoms with Crippen LogP contribution in [-0.4, -0.2) is 79.6 Å². The van der Waals surface area contributed by atoms with E-state index in [2.05, 4.69) is 20.1 Å². The Labute approximate surface area is 191 Å². The van der Waals surface area contributed by atoms with Gasteiger partial charge in [0, 0.05) is 37.7 Å². The van der Waals surface area contributed by atoms with Crippen LogP contribution in [0.2, 0.25) is 0 Å². The minimum absolute atomic E-state index is 0.0118. The van der Waals surface area contributed by atoms with Gasteiger partial charge in [-0.3, -0.25) is 4.79 Å². The summed E-state index contributed by atoms with van der Waals surface area (Å²) in [6.07, 6.45) is 3.82. The largest absolute Gasteiger partial charge is 0.391 e. The molecule has 9 nitrogen and oxygen atoms in total. The normalized spacial score (nSPS) is 21.2. The van der Waals surface area contributed by atoms with Crippen molar-refractivity contribution >= 4 is 28.7 Å². The minimum Gasteiger partial charge on any atom is -0.391 e. The zero-order valence-corrected chi connectivity index (χ0v) is 18.9. The fraction of sp³-hybridized carbons (Fsp3) is 0.591. The van der Waals surface area contributed by atoms with Crippen molar-refractivity contribution in [3.8, 4) is 10.7 Å². The van der Waals surface area contributed by atoms with Gasteiger partial charge in [0.1, 0.15) is 0 Å². The van der Waals surface area contributed by atoms with Gasteiger partial charge in [-0.2, -0.15) is 0 Å². The van der Waals surface area contributed by atoms with Crippen molar-refractivity contribution in [1.82, 2.24) is 15.3 Å². The molecule has 1 amide bonds. The molecule has 1 atom stereocenters. The molecule has 0 spiro atoms. The number of ether oxygens (including phenoxy) is 2. The second-order valence-corrected chi connectivity index (χ2v) is 9.66. The number of aromatic nitrogens is 2. The van der Waals surface area contributed by atoms with Gasteiger partial charge in [0.25, 0.3) is 0 Å². The Kier molecular flexibility index (Phi) is 6.54. The maximum absolute atomic E-state index is 12.8. The van der Waals surface area contributed by atoms with Crippen LogP contribution in [0.5, 0.6) is 0 Å². The molecule has 2 fully saturated rings. The summed E-state index contributed by atoms with van der Waals surface area (Å²) in [4.78, 5) is 28.4. The molecule has 0 bridgehead atoms. The van der Waals surface area contributed by atoms with Gasteiger partial charge in [-0.05, 0) is 30.9 Å². The highest BCUT2D eigenvalue weighted by molar-refractivity contribution is 7.15.